The van der Waals surface area contributed by atoms with E-state index in [1.807, 2.05) is 44.1 Å². The van der Waals surface area contributed by atoms with Crippen molar-refractivity contribution in [1.29, 1.82) is 0 Å². The van der Waals surface area contributed by atoms with Gasteiger partial charge in [-0.15, -0.1) is 0 Å². The first-order chi connectivity index (χ1) is 10.6. The number of fused-ring (bicyclic) bond motifs is 1. The molecule has 0 spiro atoms. The monoisotopic (exact) mass is 295 g/mol. The number of nitrogens with one attached hydrogen (secondary N) is 1. The van der Waals surface area contributed by atoms with Crippen LogP contribution in [0.2, 0.25) is 0 Å². The summed E-state index contributed by atoms with van der Waals surface area (Å²) < 4.78 is 1.58. The first-order valence-corrected chi connectivity index (χ1v) is 6.94. The van der Waals surface area contributed by atoms with Crippen molar-refractivity contribution in [3.8, 4) is 0 Å². The Morgan fingerprint density at radius 2 is 2.14 bits per heavy atom. The summed E-state index contributed by atoms with van der Waals surface area (Å²) in [4.78, 5) is 18.7. The van der Waals surface area contributed by atoms with Crippen LogP contribution in [0, 0.1) is 6.92 Å². The molecule has 1 amide bonds. The van der Waals surface area contributed by atoms with Crippen LogP contribution in [0.15, 0.2) is 42.9 Å². The molecule has 3 aromatic rings. The molecule has 0 unspecified atom stereocenters. The minimum absolute atomic E-state index is 0.220. The highest BCUT2D eigenvalue weighted by atomic mass is 16.1. The van der Waals surface area contributed by atoms with Crippen molar-refractivity contribution in [2.45, 2.75) is 6.92 Å². The average Bonchev–Trinajstić information content (AvgIpc) is 2.91. The van der Waals surface area contributed by atoms with Crippen LogP contribution in [0.25, 0.3) is 5.65 Å². The fourth-order valence-electron chi connectivity index (χ4n) is 2.32. The molecule has 6 heteroatoms. The first-order valence-electron chi connectivity index (χ1n) is 6.94. The molecule has 1 aromatic carbocycles. The van der Waals surface area contributed by atoms with Gasteiger partial charge in [-0.3, -0.25) is 4.79 Å². The van der Waals surface area contributed by atoms with E-state index in [0.717, 1.165) is 16.9 Å². The average molecular weight is 295 g/mol. The molecule has 0 aliphatic rings. The molecule has 112 valence electrons. The van der Waals surface area contributed by atoms with Crippen LogP contribution in [0.4, 0.5) is 11.4 Å². The Balaban J connectivity index is 1.96. The summed E-state index contributed by atoms with van der Waals surface area (Å²) in [7, 11) is 3.88. The van der Waals surface area contributed by atoms with Crippen molar-refractivity contribution in [2.24, 2.45) is 0 Å². The number of carbonyl (C=O) groups is 1. The van der Waals surface area contributed by atoms with Gasteiger partial charge >= 0.3 is 0 Å². The highest BCUT2D eigenvalue weighted by Crippen LogP contribution is 2.26. The Hall–Kier alpha value is -2.89. The van der Waals surface area contributed by atoms with Gasteiger partial charge in [-0.1, -0.05) is 6.07 Å². The fourth-order valence-corrected chi connectivity index (χ4v) is 2.32. The van der Waals surface area contributed by atoms with E-state index >= 15 is 0 Å². The Kier molecular flexibility index (Phi) is 3.50. The minimum atomic E-state index is -0.220. The van der Waals surface area contributed by atoms with Crippen LogP contribution in [0.3, 0.4) is 0 Å². The molecule has 22 heavy (non-hydrogen) atoms. The van der Waals surface area contributed by atoms with Gasteiger partial charge in [0.2, 0.25) is 0 Å². The summed E-state index contributed by atoms with van der Waals surface area (Å²) in [5.41, 5.74) is 3.79. The Morgan fingerprint density at radius 1 is 1.32 bits per heavy atom. The van der Waals surface area contributed by atoms with Crippen molar-refractivity contribution in [3.05, 3.63) is 54.0 Å². The minimum Gasteiger partial charge on any atom is -0.376 e. The van der Waals surface area contributed by atoms with Crippen LogP contribution in [-0.4, -0.2) is 34.6 Å². The van der Waals surface area contributed by atoms with Crippen LogP contribution in [-0.2, 0) is 0 Å². The lowest BCUT2D eigenvalue weighted by atomic mass is 10.1. The molecular weight excluding hydrogens is 278 g/mol. The first kappa shape index (κ1) is 14.1. The molecule has 0 radical (unpaired) electrons. The number of hydrogen-bond acceptors (Lipinski definition) is 4. The van der Waals surface area contributed by atoms with E-state index in [4.69, 9.17) is 0 Å². The number of hydrogen-bond donors (Lipinski definition) is 1. The number of benzene rings is 1. The Labute approximate surface area is 128 Å². The van der Waals surface area contributed by atoms with Gasteiger partial charge in [0.1, 0.15) is 5.56 Å². The zero-order chi connectivity index (χ0) is 15.7. The number of rotatable bonds is 3. The van der Waals surface area contributed by atoms with Gasteiger partial charge in [-0.2, -0.15) is 5.10 Å². The summed E-state index contributed by atoms with van der Waals surface area (Å²) >= 11 is 0. The van der Waals surface area contributed by atoms with Crippen molar-refractivity contribution < 1.29 is 4.79 Å². The third kappa shape index (κ3) is 2.50. The predicted molar refractivity (Wildman–Crippen MR) is 86.4 cm³/mol. The summed E-state index contributed by atoms with van der Waals surface area (Å²) in [6, 6.07) is 7.72. The molecular formula is C16H17N5O. The maximum Gasteiger partial charge on any atom is 0.261 e. The molecule has 2 heterocycles. The quantitative estimate of drug-likeness (QED) is 0.805. The molecule has 0 atom stereocenters. The normalized spacial score (nSPS) is 10.7. The lowest BCUT2D eigenvalue weighted by molar-refractivity contribution is 0.102. The largest absolute Gasteiger partial charge is 0.376 e. The molecule has 0 aliphatic carbocycles. The zero-order valence-corrected chi connectivity index (χ0v) is 12.7. The van der Waals surface area contributed by atoms with E-state index in [9.17, 15) is 4.79 Å². The van der Waals surface area contributed by atoms with E-state index in [-0.39, 0.29) is 5.91 Å². The topological polar surface area (TPSA) is 62.5 Å². The van der Waals surface area contributed by atoms with Crippen LogP contribution in [0.1, 0.15) is 15.9 Å². The van der Waals surface area contributed by atoms with Gasteiger partial charge < -0.3 is 10.2 Å². The van der Waals surface area contributed by atoms with Crippen LogP contribution in [0.5, 0.6) is 0 Å². The van der Waals surface area contributed by atoms with E-state index in [0.29, 0.717) is 11.2 Å². The second-order valence-electron chi connectivity index (χ2n) is 5.32. The molecule has 0 saturated heterocycles. The number of aryl methyl sites for hydroxylation is 1. The second-order valence-corrected chi connectivity index (χ2v) is 5.32. The fraction of sp³-hybridized carbons (Fsp3) is 0.188. The maximum atomic E-state index is 12.6. The van der Waals surface area contributed by atoms with Gasteiger partial charge in [-0.25, -0.2) is 9.50 Å². The Bertz CT molecular complexity index is 837. The van der Waals surface area contributed by atoms with Crippen molar-refractivity contribution in [2.75, 3.05) is 24.3 Å². The number of carbonyl (C=O) groups excluding carboxylic acids is 1. The number of nitrogens with zero attached hydrogens (tertiary/aromatic N) is 4. The predicted octanol–water partition coefficient (Wildman–Crippen LogP) is 2.36. The van der Waals surface area contributed by atoms with Gasteiger partial charge in [0.15, 0.2) is 5.65 Å². The number of amides is 1. The second kappa shape index (κ2) is 5.48. The van der Waals surface area contributed by atoms with E-state index in [1.54, 1.807) is 23.0 Å². The Morgan fingerprint density at radius 3 is 2.91 bits per heavy atom. The van der Waals surface area contributed by atoms with E-state index < -0.39 is 0 Å². The van der Waals surface area contributed by atoms with Crippen LogP contribution >= 0.6 is 0 Å². The zero-order valence-electron chi connectivity index (χ0n) is 12.7. The van der Waals surface area contributed by atoms with Gasteiger partial charge in [0.05, 0.1) is 17.6 Å². The number of anilines is 2. The molecule has 0 fully saturated rings. The highest BCUT2D eigenvalue weighted by molar-refractivity contribution is 6.09. The van der Waals surface area contributed by atoms with E-state index in [1.165, 1.54) is 6.20 Å². The van der Waals surface area contributed by atoms with Crippen molar-refractivity contribution in [1.82, 2.24) is 14.6 Å². The highest BCUT2D eigenvalue weighted by Gasteiger charge is 2.15. The van der Waals surface area contributed by atoms with Gasteiger partial charge in [-0.05, 0) is 30.7 Å². The van der Waals surface area contributed by atoms with E-state index in [2.05, 4.69) is 15.4 Å². The van der Waals surface area contributed by atoms with Crippen molar-refractivity contribution in [3.63, 3.8) is 0 Å². The summed E-state index contributed by atoms with van der Waals surface area (Å²) in [5, 5.41) is 7.09. The molecule has 6 nitrogen and oxygen atoms in total. The lowest BCUT2D eigenvalue weighted by Gasteiger charge is -2.18. The van der Waals surface area contributed by atoms with Crippen LogP contribution < -0.4 is 10.2 Å². The summed E-state index contributed by atoms with van der Waals surface area (Å²) in [6.45, 7) is 1.99. The molecule has 0 saturated carbocycles. The molecule has 1 N–H and O–H groups in total. The number of aromatic nitrogens is 3. The SMILES string of the molecule is Cc1ccc(N(C)C)c(NC(=O)c2cnn3cccnc23)c1. The molecule has 0 aliphatic heterocycles. The molecule has 2 aromatic heterocycles. The molecule has 0 bridgehead atoms. The smallest absolute Gasteiger partial charge is 0.261 e. The molecule has 3 rings (SSSR count). The summed E-state index contributed by atoms with van der Waals surface area (Å²) in [6.07, 6.45) is 4.94. The third-order valence-electron chi connectivity index (χ3n) is 3.41. The lowest BCUT2D eigenvalue weighted by Crippen LogP contribution is -2.17. The standard InChI is InChI=1S/C16H17N5O/c1-11-5-6-14(20(2)3)13(9-11)19-16(22)12-10-18-21-8-4-7-17-15(12)21/h4-10H,1-3H3,(H,19,22). The van der Waals surface area contributed by atoms with Gasteiger partial charge in [0, 0.05) is 26.5 Å². The maximum absolute atomic E-state index is 12.6. The van der Waals surface area contributed by atoms with Crippen molar-refractivity contribution >= 4 is 22.9 Å². The van der Waals surface area contributed by atoms with Gasteiger partial charge in [0.25, 0.3) is 5.91 Å². The summed E-state index contributed by atoms with van der Waals surface area (Å²) in [5.74, 6) is -0.220. The third-order valence-corrected chi connectivity index (χ3v) is 3.41.